The second-order valence-electron chi connectivity index (χ2n) is 7.98. The van der Waals surface area contributed by atoms with Gasteiger partial charge in [-0.15, -0.1) is 0 Å². The van der Waals surface area contributed by atoms with Crippen LogP contribution in [0, 0.1) is 18.3 Å². The van der Waals surface area contributed by atoms with Crippen molar-refractivity contribution < 1.29 is 4.79 Å². The summed E-state index contributed by atoms with van der Waals surface area (Å²) in [7, 11) is 0. The van der Waals surface area contributed by atoms with E-state index in [1.54, 1.807) is 0 Å². The maximum atomic E-state index is 12.5. The number of aromatic nitrogens is 1. The van der Waals surface area contributed by atoms with E-state index in [4.69, 9.17) is 0 Å². The maximum absolute atomic E-state index is 12.5. The third-order valence-electron chi connectivity index (χ3n) is 5.65. The summed E-state index contributed by atoms with van der Waals surface area (Å²) in [5, 5.41) is 0. The Morgan fingerprint density at radius 1 is 1.24 bits per heavy atom. The lowest BCUT2D eigenvalue weighted by Gasteiger charge is -2.37. The number of hydrogen-bond donors (Lipinski definition) is 0. The molecular weight excluding hydrogens is 258 g/mol. The number of carbonyl (C=O) groups is 1. The van der Waals surface area contributed by atoms with Gasteiger partial charge in [0.2, 0.25) is 0 Å². The van der Waals surface area contributed by atoms with Gasteiger partial charge in [0.25, 0.3) is 0 Å². The van der Waals surface area contributed by atoms with E-state index in [1.807, 2.05) is 0 Å². The smallest absolute Gasteiger partial charge is 0.165 e. The molecule has 0 saturated heterocycles. The molecule has 0 N–H and O–H groups in total. The molecule has 1 saturated carbocycles. The van der Waals surface area contributed by atoms with Gasteiger partial charge in [-0.25, -0.2) is 0 Å². The minimum absolute atomic E-state index is 0.114. The standard InChI is InChI=1S/C19H29NO/c1-5-14-8-6-7-9-16(14)20-13(2)10-15-17(20)11-19(3,4)12-18(15)21/h10,14,16H,5-9,11-12H2,1-4H3. The topological polar surface area (TPSA) is 22.0 Å². The second-order valence-corrected chi connectivity index (χ2v) is 7.98. The summed E-state index contributed by atoms with van der Waals surface area (Å²) in [6.45, 7) is 8.99. The summed E-state index contributed by atoms with van der Waals surface area (Å²) in [5.41, 5.74) is 3.77. The lowest BCUT2D eigenvalue weighted by molar-refractivity contribution is 0.0907. The Bertz CT molecular complexity index is 552. The molecule has 0 bridgehead atoms. The number of nitrogens with zero attached hydrogens (tertiary/aromatic N) is 1. The van der Waals surface area contributed by atoms with E-state index in [1.165, 1.54) is 43.5 Å². The molecule has 1 aromatic heterocycles. The van der Waals surface area contributed by atoms with Crippen molar-refractivity contribution in [2.75, 3.05) is 0 Å². The first-order valence-electron chi connectivity index (χ1n) is 8.67. The molecule has 2 unspecified atom stereocenters. The molecule has 21 heavy (non-hydrogen) atoms. The van der Waals surface area contributed by atoms with Gasteiger partial charge in [-0.05, 0) is 43.6 Å². The van der Waals surface area contributed by atoms with Crippen LogP contribution in [0.5, 0.6) is 0 Å². The zero-order valence-electron chi connectivity index (χ0n) is 14.0. The predicted molar refractivity (Wildman–Crippen MR) is 86.9 cm³/mol. The van der Waals surface area contributed by atoms with Crippen LogP contribution in [0.3, 0.4) is 0 Å². The van der Waals surface area contributed by atoms with Gasteiger partial charge in [0.15, 0.2) is 5.78 Å². The minimum Gasteiger partial charge on any atom is -0.345 e. The van der Waals surface area contributed by atoms with Gasteiger partial charge in [-0.2, -0.15) is 0 Å². The fraction of sp³-hybridized carbons (Fsp3) is 0.737. The minimum atomic E-state index is 0.114. The van der Waals surface area contributed by atoms with Crippen LogP contribution in [-0.2, 0) is 6.42 Å². The van der Waals surface area contributed by atoms with Crippen molar-refractivity contribution in [3.05, 3.63) is 23.0 Å². The van der Waals surface area contributed by atoms with Crippen molar-refractivity contribution in [1.29, 1.82) is 0 Å². The van der Waals surface area contributed by atoms with E-state index in [-0.39, 0.29) is 5.41 Å². The normalized spacial score (nSPS) is 28.5. The number of fused-ring (bicyclic) bond motifs is 1. The van der Waals surface area contributed by atoms with Gasteiger partial charge >= 0.3 is 0 Å². The molecule has 2 aliphatic rings. The number of carbonyl (C=O) groups excluding carboxylic acids is 1. The van der Waals surface area contributed by atoms with Gasteiger partial charge in [0.05, 0.1) is 0 Å². The molecule has 0 aliphatic heterocycles. The van der Waals surface area contributed by atoms with Gasteiger partial charge < -0.3 is 4.57 Å². The van der Waals surface area contributed by atoms with E-state index < -0.39 is 0 Å². The molecule has 0 aromatic carbocycles. The van der Waals surface area contributed by atoms with Crippen LogP contribution >= 0.6 is 0 Å². The number of ketones is 1. The molecule has 3 rings (SSSR count). The van der Waals surface area contributed by atoms with Crippen molar-refractivity contribution in [2.24, 2.45) is 11.3 Å². The summed E-state index contributed by atoms with van der Waals surface area (Å²) >= 11 is 0. The highest BCUT2D eigenvalue weighted by atomic mass is 16.1. The van der Waals surface area contributed by atoms with Crippen LogP contribution in [0.1, 0.15) is 87.1 Å². The molecule has 1 heterocycles. The number of aryl methyl sites for hydroxylation is 1. The van der Waals surface area contributed by atoms with Crippen molar-refractivity contribution >= 4 is 5.78 Å². The zero-order chi connectivity index (χ0) is 15.2. The van der Waals surface area contributed by atoms with Crippen molar-refractivity contribution in [1.82, 2.24) is 4.57 Å². The predicted octanol–water partition coefficient (Wildman–Crippen LogP) is 5.09. The molecule has 2 heteroatoms. The Balaban J connectivity index is 2.05. The van der Waals surface area contributed by atoms with Crippen molar-refractivity contribution in [2.45, 2.75) is 78.7 Å². The molecule has 2 aliphatic carbocycles. The highest BCUT2D eigenvalue weighted by molar-refractivity contribution is 5.99. The summed E-state index contributed by atoms with van der Waals surface area (Å²) in [6.07, 6.45) is 8.36. The Hall–Kier alpha value is -1.05. The summed E-state index contributed by atoms with van der Waals surface area (Å²) in [6, 6.07) is 2.78. The first-order chi connectivity index (χ1) is 9.93. The molecule has 1 fully saturated rings. The number of hydrogen-bond acceptors (Lipinski definition) is 1. The summed E-state index contributed by atoms with van der Waals surface area (Å²) < 4.78 is 2.56. The SMILES string of the molecule is CCC1CCCCC1n1c(C)cc2c1CC(C)(C)CC2=O. The molecule has 2 atom stereocenters. The van der Waals surface area contributed by atoms with E-state index in [2.05, 4.69) is 38.3 Å². The number of Topliss-reactive ketones (excluding diaryl/α,β-unsaturated/α-hetero) is 1. The van der Waals surface area contributed by atoms with Gasteiger partial charge in [0, 0.05) is 29.4 Å². The highest BCUT2D eigenvalue weighted by Gasteiger charge is 2.36. The summed E-state index contributed by atoms with van der Waals surface area (Å²) in [4.78, 5) is 12.5. The maximum Gasteiger partial charge on any atom is 0.165 e. The van der Waals surface area contributed by atoms with Gasteiger partial charge in [-0.3, -0.25) is 4.79 Å². The second kappa shape index (κ2) is 5.30. The Morgan fingerprint density at radius 2 is 1.95 bits per heavy atom. The molecule has 116 valence electrons. The van der Waals surface area contributed by atoms with Crippen LogP contribution in [0.15, 0.2) is 6.07 Å². The van der Waals surface area contributed by atoms with Crippen molar-refractivity contribution in [3.63, 3.8) is 0 Å². The van der Waals surface area contributed by atoms with Crippen LogP contribution in [-0.4, -0.2) is 10.4 Å². The lowest BCUT2D eigenvalue weighted by Crippen LogP contribution is -2.31. The zero-order valence-corrected chi connectivity index (χ0v) is 14.0. The number of rotatable bonds is 2. The van der Waals surface area contributed by atoms with E-state index >= 15 is 0 Å². The quantitative estimate of drug-likeness (QED) is 0.742. The molecule has 2 nitrogen and oxygen atoms in total. The summed E-state index contributed by atoms with van der Waals surface area (Å²) in [5.74, 6) is 1.14. The first kappa shape index (κ1) is 14.9. The van der Waals surface area contributed by atoms with Gasteiger partial charge in [-0.1, -0.05) is 40.0 Å². The molecule has 1 aromatic rings. The third-order valence-corrected chi connectivity index (χ3v) is 5.65. The highest BCUT2D eigenvalue weighted by Crippen LogP contribution is 2.42. The fourth-order valence-corrected chi connectivity index (χ4v) is 4.64. The average molecular weight is 287 g/mol. The largest absolute Gasteiger partial charge is 0.345 e. The van der Waals surface area contributed by atoms with Crippen LogP contribution < -0.4 is 0 Å². The van der Waals surface area contributed by atoms with Crippen molar-refractivity contribution in [3.8, 4) is 0 Å². The Morgan fingerprint density at radius 3 is 2.67 bits per heavy atom. The Labute approximate surface area is 128 Å². The first-order valence-corrected chi connectivity index (χ1v) is 8.67. The lowest BCUT2D eigenvalue weighted by atomic mass is 9.75. The van der Waals surface area contributed by atoms with Crippen LogP contribution in [0.25, 0.3) is 0 Å². The molecule has 0 radical (unpaired) electrons. The van der Waals surface area contributed by atoms with E-state index in [9.17, 15) is 4.79 Å². The van der Waals surface area contributed by atoms with Crippen LogP contribution in [0.2, 0.25) is 0 Å². The molecule has 0 amide bonds. The molecule has 0 spiro atoms. The average Bonchev–Trinajstić information content (AvgIpc) is 2.74. The Kier molecular flexibility index (Phi) is 3.75. The third kappa shape index (κ3) is 2.58. The van der Waals surface area contributed by atoms with Gasteiger partial charge in [0.1, 0.15) is 0 Å². The monoisotopic (exact) mass is 287 g/mol. The molecular formula is C19H29NO. The van der Waals surface area contributed by atoms with E-state index in [0.717, 1.165) is 17.9 Å². The fourth-order valence-electron chi connectivity index (χ4n) is 4.64. The van der Waals surface area contributed by atoms with Crippen LogP contribution in [0.4, 0.5) is 0 Å². The van der Waals surface area contributed by atoms with E-state index in [0.29, 0.717) is 18.2 Å².